The molecule has 25 heavy (non-hydrogen) atoms. The van der Waals surface area contributed by atoms with Crippen LogP contribution in [0.2, 0.25) is 0 Å². The molecule has 0 radical (unpaired) electrons. The Labute approximate surface area is 147 Å². The van der Waals surface area contributed by atoms with E-state index in [4.69, 9.17) is 0 Å². The molecule has 1 amide bonds. The first-order chi connectivity index (χ1) is 11.8. The van der Waals surface area contributed by atoms with Gasteiger partial charge in [-0.1, -0.05) is 11.8 Å². The Morgan fingerprint density at radius 1 is 1.20 bits per heavy atom. The Balaban J connectivity index is 2.14. The molecule has 0 atom stereocenters. The maximum Gasteiger partial charge on any atom is 0.234 e. The molecule has 0 aliphatic carbocycles. The molecule has 1 heterocycles. The van der Waals surface area contributed by atoms with Crippen LogP contribution >= 0.6 is 11.8 Å². The van der Waals surface area contributed by atoms with Crippen molar-refractivity contribution in [3.63, 3.8) is 0 Å². The number of halogens is 3. The molecule has 0 saturated carbocycles. The van der Waals surface area contributed by atoms with Gasteiger partial charge in [0.2, 0.25) is 5.91 Å². The zero-order chi connectivity index (χ0) is 18.7. The van der Waals surface area contributed by atoms with E-state index < -0.39 is 29.0 Å². The zero-order valence-corrected chi connectivity index (χ0v) is 14.5. The molecular formula is C17H14F3N3OS. The average Bonchev–Trinajstić information content (AvgIpc) is 2.58. The van der Waals surface area contributed by atoms with Gasteiger partial charge in [0, 0.05) is 5.69 Å². The Kier molecular flexibility index (Phi) is 5.69. The van der Waals surface area contributed by atoms with Gasteiger partial charge in [-0.25, -0.2) is 18.2 Å². The van der Waals surface area contributed by atoms with E-state index in [9.17, 15) is 23.2 Å². The normalized spacial score (nSPS) is 10.4. The van der Waals surface area contributed by atoms with Crippen LogP contribution in [0.5, 0.6) is 0 Å². The smallest absolute Gasteiger partial charge is 0.234 e. The van der Waals surface area contributed by atoms with Gasteiger partial charge in [-0.15, -0.1) is 0 Å². The molecule has 2 rings (SSSR count). The van der Waals surface area contributed by atoms with Crippen molar-refractivity contribution in [3.8, 4) is 6.07 Å². The van der Waals surface area contributed by atoms with Crippen molar-refractivity contribution in [1.29, 1.82) is 5.26 Å². The highest BCUT2D eigenvalue weighted by Gasteiger charge is 2.17. The topological polar surface area (TPSA) is 65.8 Å². The van der Waals surface area contributed by atoms with Crippen LogP contribution in [0.3, 0.4) is 0 Å². The van der Waals surface area contributed by atoms with E-state index in [1.54, 1.807) is 13.8 Å². The molecule has 4 nitrogen and oxygen atoms in total. The quantitative estimate of drug-likeness (QED) is 0.656. The zero-order valence-electron chi connectivity index (χ0n) is 13.7. The van der Waals surface area contributed by atoms with Crippen LogP contribution in [0.15, 0.2) is 17.2 Å². The first kappa shape index (κ1) is 18.8. The minimum Gasteiger partial charge on any atom is -0.323 e. The number of carbonyl (C=O) groups is 1. The molecule has 130 valence electrons. The lowest BCUT2D eigenvalue weighted by Gasteiger charge is -2.11. The maximum atomic E-state index is 13.6. The summed E-state index contributed by atoms with van der Waals surface area (Å²) in [5.74, 6) is -5.24. The van der Waals surface area contributed by atoms with Crippen LogP contribution in [-0.4, -0.2) is 16.6 Å². The third-order valence-corrected chi connectivity index (χ3v) is 4.70. The molecule has 1 N–H and O–H groups in total. The van der Waals surface area contributed by atoms with Crippen molar-refractivity contribution in [2.75, 3.05) is 11.1 Å². The van der Waals surface area contributed by atoms with Gasteiger partial charge in [0.25, 0.3) is 0 Å². The molecule has 1 aromatic heterocycles. The highest BCUT2D eigenvalue weighted by atomic mass is 32.2. The van der Waals surface area contributed by atoms with Crippen molar-refractivity contribution in [1.82, 2.24) is 4.98 Å². The number of nitrogens with zero attached hydrogens (tertiary/aromatic N) is 2. The molecule has 0 saturated heterocycles. The van der Waals surface area contributed by atoms with Crippen molar-refractivity contribution >= 4 is 23.4 Å². The Morgan fingerprint density at radius 2 is 1.88 bits per heavy atom. The standard InChI is InChI=1S/C17H14F3N3OS/c1-8-9(2)11(6-21)17(22-10(8)3)25-7-14(24)23-13-5-4-12(18)15(19)16(13)20/h4-5H,7H2,1-3H3,(H,23,24). The summed E-state index contributed by atoms with van der Waals surface area (Å²) in [6, 6.07) is 3.73. The number of nitriles is 1. The summed E-state index contributed by atoms with van der Waals surface area (Å²) in [5, 5.41) is 11.8. The van der Waals surface area contributed by atoms with E-state index in [-0.39, 0.29) is 5.75 Å². The number of thioether (sulfide) groups is 1. The van der Waals surface area contributed by atoms with Gasteiger partial charge in [0.15, 0.2) is 17.5 Å². The second kappa shape index (κ2) is 7.57. The maximum absolute atomic E-state index is 13.6. The number of hydrogen-bond donors (Lipinski definition) is 1. The number of benzene rings is 1. The lowest BCUT2D eigenvalue weighted by molar-refractivity contribution is -0.113. The Bertz CT molecular complexity index is 894. The molecule has 0 unspecified atom stereocenters. The minimum atomic E-state index is -1.65. The first-order valence-corrected chi connectivity index (χ1v) is 8.18. The van der Waals surface area contributed by atoms with E-state index in [2.05, 4.69) is 16.4 Å². The first-order valence-electron chi connectivity index (χ1n) is 7.20. The van der Waals surface area contributed by atoms with Gasteiger partial charge < -0.3 is 5.32 Å². The lowest BCUT2D eigenvalue weighted by Crippen LogP contribution is -2.16. The second-order valence-electron chi connectivity index (χ2n) is 5.30. The summed E-state index contributed by atoms with van der Waals surface area (Å²) >= 11 is 1.01. The van der Waals surface area contributed by atoms with Crippen molar-refractivity contribution in [3.05, 3.63) is 52.0 Å². The fraction of sp³-hybridized carbons (Fsp3) is 0.235. The predicted molar refractivity (Wildman–Crippen MR) is 88.8 cm³/mol. The molecule has 1 aromatic carbocycles. The second-order valence-corrected chi connectivity index (χ2v) is 6.26. The summed E-state index contributed by atoms with van der Waals surface area (Å²) in [5.41, 5.74) is 2.35. The fourth-order valence-corrected chi connectivity index (χ4v) is 2.97. The van der Waals surface area contributed by atoms with Gasteiger partial charge in [0.1, 0.15) is 11.1 Å². The summed E-state index contributed by atoms with van der Waals surface area (Å²) in [7, 11) is 0. The Morgan fingerprint density at radius 3 is 2.52 bits per heavy atom. The molecule has 8 heteroatoms. The average molecular weight is 365 g/mol. The van der Waals surface area contributed by atoms with Crippen LogP contribution in [0.4, 0.5) is 18.9 Å². The minimum absolute atomic E-state index is 0.165. The van der Waals surface area contributed by atoms with Gasteiger partial charge >= 0.3 is 0 Å². The van der Waals surface area contributed by atoms with Gasteiger partial charge in [-0.3, -0.25) is 4.79 Å². The van der Waals surface area contributed by atoms with E-state index in [1.165, 1.54) is 0 Å². The number of anilines is 1. The fourth-order valence-electron chi connectivity index (χ4n) is 2.09. The number of pyridine rings is 1. The van der Waals surface area contributed by atoms with E-state index in [1.807, 2.05) is 6.92 Å². The highest BCUT2D eigenvalue weighted by molar-refractivity contribution is 8.00. The SMILES string of the molecule is Cc1nc(SCC(=O)Nc2ccc(F)c(F)c2F)c(C#N)c(C)c1C. The van der Waals surface area contributed by atoms with Crippen LogP contribution in [0.25, 0.3) is 0 Å². The van der Waals surface area contributed by atoms with Crippen LogP contribution in [0, 0.1) is 49.6 Å². The van der Waals surface area contributed by atoms with Crippen molar-refractivity contribution < 1.29 is 18.0 Å². The van der Waals surface area contributed by atoms with Crippen LogP contribution < -0.4 is 5.32 Å². The monoisotopic (exact) mass is 365 g/mol. The van der Waals surface area contributed by atoms with E-state index in [0.29, 0.717) is 10.6 Å². The van der Waals surface area contributed by atoms with Gasteiger partial charge in [0.05, 0.1) is 17.0 Å². The number of amides is 1. The number of nitrogens with one attached hydrogen (secondary N) is 1. The molecule has 2 aromatic rings. The predicted octanol–water partition coefficient (Wildman–Crippen LogP) is 4.03. The van der Waals surface area contributed by atoms with Crippen molar-refractivity contribution in [2.45, 2.75) is 25.8 Å². The number of aryl methyl sites for hydroxylation is 1. The molecule has 0 bridgehead atoms. The largest absolute Gasteiger partial charge is 0.323 e. The summed E-state index contributed by atoms with van der Waals surface area (Å²) in [6.07, 6.45) is 0. The van der Waals surface area contributed by atoms with Crippen LogP contribution in [-0.2, 0) is 4.79 Å². The third-order valence-electron chi connectivity index (χ3n) is 3.72. The van der Waals surface area contributed by atoms with Gasteiger partial charge in [-0.2, -0.15) is 5.26 Å². The Hall–Kier alpha value is -2.53. The molecule has 0 fully saturated rings. The van der Waals surface area contributed by atoms with Crippen molar-refractivity contribution in [2.24, 2.45) is 0 Å². The number of carbonyl (C=O) groups excluding carboxylic acids is 1. The van der Waals surface area contributed by atoms with E-state index >= 15 is 0 Å². The summed E-state index contributed by atoms with van der Waals surface area (Å²) < 4.78 is 39.6. The lowest BCUT2D eigenvalue weighted by atomic mass is 10.1. The number of aromatic nitrogens is 1. The van der Waals surface area contributed by atoms with Gasteiger partial charge in [-0.05, 0) is 44.0 Å². The highest BCUT2D eigenvalue weighted by Crippen LogP contribution is 2.27. The van der Waals surface area contributed by atoms with E-state index in [0.717, 1.165) is 40.7 Å². The molecule has 0 aliphatic heterocycles. The number of hydrogen-bond acceptors (Lipinski definition) is 4. The summed E-state index contributed by atoms with van der Waals surface area (Å²) in [4.78, 5) is 16.2. The molecule has 0 spiro atoms. The summed E-state index contributed by atoms with van der Waals surface area (Å²) in [6.45, 7) is 5.44. The van der Waals surface area contributed by atoms with Crippen LogP contribution in [0.1, 0.15) is 22.4 Å². The number of rotatable bonds is 4. The molecule has 0 aliphatic rings. The third kappa shape index (κ3) is 3.94. The molecular weight excluding hydrogens is 351 g/mol.